The minimum absolute atomic E-state index is 0.0784. The minimum Gasteiger partial charge on any atom is -0.344 e. The van der Waals surface area contributed by atoms with Gasteiger partial charge in [0.25, 0.3) is 0 Å². The summed E-state index contributed by atoms with van der Waals surface area (Å²) in [6.07, 6.45) is 11.7. The van der Waals surface area contributed by atoms with E-state index in [1.165, 1.54) is 37.7 Å². The van der Waals surface area contributed by atoms with Crippen molar-refractivity contribution >= 4 is 5.91 Å². The largest absolute Gasteiger partial charge is 0.344 e. The molecule has 1 aliphatic rings. The molecule has 1 fully saturated rings. The second-order valence-electron chi connectivity index (χ2n) is 6.21. The molecule has 1 unspecified atom stereocenters. The van der Waals surface area contributed by atoms with Crippen LogP contribution in [0.2, 0.25) is 0 Å². The number of nitrogens with two attached hydrogens (primary N) is 1. The van der Waals surface area contributed by atoms with Crippen molar-refractivity contribution in [1.29, 1.82) is 0 Å². The van der Waals surface area contributed by atoms with Gasteiger partial charge >= 0.3 is 0 Å². The molecule has 0 aliphatic heterocycles. The maximum absolute atomic E-state index is 12.3. The first-order chi connectivity index (χ1) is 10.2. The van der Waals surface area contributed by atoms with Crippen LogP contribution in [0.15, 0.2) is 24.5 Å². The summed E-state index contributed by atoms with van der Waals surface area (Å²) in [5.74, 6) is 0.723. The average Bonchev–Trinajstić information content (AvgIpc) is 2.53. The lowest BCUT2D eigenvalue weighted by atomic mass is 9.85. The number of nitrogens with zero attached hydrogens (tertiary/aromatic N) is 2. The second-order valence-corrected chi connectivity index (χ2v) is 6.21. The van der Waals surface area contributed by atoms with Crippen LogP contribution in [-0.2, 0) is 11.2 Å². The molecular formula is C17H27N3O. The summed E-state index contributed by atoms with van der Waals surface area (Å²) in [6.45, 7) is 0.710. The summed E-state index contributed by atoms with van der Waals surface area (Å²) >= 11 is 0. The Hall–Kier alpha value is -1.42. The van der Waals surface area contributed by atoms with Crippen molar-refractivity contribution in [2.45, 2.75) is 51.0 Å². The van der Waals surface area contributed by atoms with Crippen molar-refractivity contribution in [3.63, 3.8) is 0 Å². The highest BCUT2D eigenvalue weighted by Crippen LogP contribution is 2.27. The molecule has 0 spiro atoms. The highest BCUT2D eigenvalue weighted by Gasteiger charge is 2.23. The van der Waals surface area contributed by atoms with Crippen LogP contribution in [0, 0.1) is 5.92 Å². The normalized spacial score (nSPS) is 17.4. The van der Waals surface area contributed by atoms with Gasteiger partial charge < -0.3 is 10.6 Å². The number of aromatic nitrogens is 1. The molecule has 1 aromatic heterocycles. The van der Waals surface area contributed by atoms with Gasteiger partial charge in [0.15, 0.2) is 0 Å². The van der Waals surface area contributed by atoms with E-state index < -0.39 is 0 Å². The number of rotatable bonds is 6. The van der Waals surface area contributed by atoms with Gasteiger partial charge in [0.2, 0.25) is 5.91 Å². The van der Waals surface area contributed by atoms with Crippen molar-refractivity contribution in [3.05, 3.63) is 30.1 Å². The number of amides is 1. The molecule has 0 aromatic carbocycles. The molecule has 1 saturated carbocycles. The molecule has 1 amide bonds. The molecule has 1 aliphatic carbocycles. The standard InChI is InChI=1S/C17H27N3O/c1-20(12-9-14-7-10-19-11-8-14)17(21)16(18)13-15-5-3-2-4-6-15/h7-8,10-11,15-16H,2-6,9,12-13,18H2,1H3. The Labute approximate surface area is 127 Å². The third-order valence-corrected chi connectivity index (χ3v) is 4.49. The van der Waals surface area contributed by atoms with E-state index in [1.54, 1.807) is 17.3 Å². The van der Waals surface area contributed by atoms with E-state index in [1.807, 2.05) is 19.2 Å². The summed E-state index contributed by atoms with van der Waals surface area (Å²) in [5.41, 5.74) is 7.32. The van der Waals surface area contributed by atoms with Crippen molar-refractivity contribution < 1.29 is 4.79 Å². The highest BCUT2D eigenvalue weighted by atomic mass is 16.2. The van der Waals surface area contributed by atoms with Gasteiger partial charge in [-0.05, 0) is 36.5 Å². The Bertz CT molecular complexity index is 429. The molecule has 2 rings (SSSR count). The number of carbonyl (C=O) groups is 1. The van der Waals surface area contributed by atoms with E-state index in [0.29, 0.717) is 12.5 Å². The molecule has 0 radical (unpaired) electrons. The van der Waals surface area contributed by atoms with Gasteiger partial charge in [-0.15, -0.1) is 0 Å². The molecule has 116 valence electrons. The van der Waals surface area contributed by atoms with Crippen molar-refractivity contribution in [1.82, 2.24) is 9.88 Å². The van der Waals surface area contributed by atoms with Gasteiger partial charge in [0, 0.05) is 26.0 Å². The fraction of sp³-hybridized carbons (Fsp3) is 0.647. The van der Waals surface area contributed by atoms with Gasteiger partial charge in [0.1, 0.15) is 0 Å². The first-order valence-corrected chi connectivity index (χ1v) is 8.06. The van der Waals surface area contributed by atoms with E-state index in [9.17, 15) is 4.79 Å². The third kappa shape index (κ3) is 5.12. The van der Waals surface area contributed by atoms with Crippen LogP contribution in [0.5, 0.6) is 0 Å². The lowest BCUT2D eigenvalue weighted by Gasteiger charge is -2.26. The first-order valence-electron chi connectivity index (χ1n) is 8.06. The topological polar surface area (TPSA) is 59.2 Å². The number of pyridine rings is 1. The van der Waals surface area contributed by atoms with Crippen LogP contribution in [0.1, 0.15) is 44.1 Å². The van der Waals surface area contributed by atoms with Gasteiger partial charge in [-0.1, -0.05) is 32.1 Å². The summed E-state index contributed by atoms with van der Waals surface area (Å²) < 4.78 is 0. The molecule has 4 nitrogen and oxygen atoms in total. The molecule has 21 heavy (non-hydrogen) atoms. The van der Waals surface area contributed by atoms with E-state index >= 15 is 0 Å². The number of likely N-dealkylation sites (N-methyl/N-ethyl adjacent to an activating group) is 1. The summed E-state index contributed by atoms with van der Waals surface area (Å²) in [5, 5.41) is 0. The predicted octanol–water partition coefficient (Wildman–Crippen LogP) is 2.38. The molecule has 2 N–H and O–H groups in total. The number of carbonyl (C=O) groups excluding carboxylic acids is 1. The van der Waals surface area contributed by atoms with Crippen molar-refractivity contribution in [2.75, 3.05) is 13.6 Å². The molecule has 1 heterocycles. The fourth-order valence-corrected chi connectivity index (χ4v) is 3.12. The molecule has 4 heteroatoms. The summed E-state index contributed by atoms with van der Waals surface area (Å²) in [7, 11) is 1.85. The predicted molar refractivity (Wildman–Crippen MR) is 84.7 cm³/mol. The highest BCUT2D eigenvalue weighted by molar-refractivity contribution is 5.81. The fourth-order valence-electron chi connectivity index (χ4n) is 3.12. The molecule has 1 aromatic rings. The molecular weight excluding hydrogens is 262 g/mol. The van der Waals surface area contributed by atoms with E-state index in [2.05, 4.69) is 4.98 Å². The number of hydrogen-bond acceptors (Lipinski definition) is 3. The Kier molecular flexibility index (Phi) is 6.18. The summed E-state index contributed by atoms with van der Waals surface area (Å²) in [6, 6.07) is 3.64. The van der Waals surface area contributed by atoms with Gasteiger partial charge in [-0.3, -0.25) is 9.78 Å². The zero-order valence-electron chi connectivity index (χ0n) is 13.0. The van der Waals surface area contributed by atoms with Crippen LogP contribution in [0.4, 0.5) is 0 Å². The van der Waals surface area contributed by atoms with Gasteiger partial charge in [0.05, 0.1) is 6.04 Å². The Morgan fingerprint density at radius 1 is 1.33 bits per heavy atom. The van der Waals surface area contributed by atoms with Gasteiger partial charge in [-0.2, -0.15) is 0 Å². The lowest BCUT2D eigenvalue weighted by Crippen LogP contribution is -2.43. The summed E-state index contributed by atoms with van der Waals surface area (Å²) in [4.78, 5) is 18.1. The van der Waals surface area contributed by atoms with Crippen LogP contribution in [0.3, 0.4) is 0 Å². The second kappa shape index (κ2) is 8.13. The monoisotopic (exact) mass is 289 g/mol. The molecule has 0 bridgehead atoms. The quantitative estimate of drug-likeness (QED) is 0.874. The Morgan fingerprint density at radius 3 is 2.67 bits per heavy atom. The number of hydrogen-bond donors (Lipinski definition) is 1. The zero-order chi connectivity index (χ0) is 15.1. The van der Waals surface area contributed by atoms with Crippen LogP contribution in [-0.4, -0.2) is 35.4 Å². The van der Waals surface area contributed by atoms with Crippen LogP contribution >= 0.6 is 0 Å². The zero-order valence-corrected chi connectivity index (χ0v) is 13.0. The third-order valence-electron chi connectivity index (χ3n) is 4.49. The van der Waals surface area contributed by atoms with E-state index in [4.69, 9.17) is 5.73 Å². The van der Waals surface area contributed by atoms with E-state index in [0.717, 1.165) is 12.8 Å². The smallest absolute Gasteiger partial charge is 0.239 e. The molecule has 0 saturated heterocycles. The minimum atomic E-state index is -0.337. The SMILES string of the molecule is CN(CCc1ccncc1)C(=O)C(N)CC1CCCCC1. The maximum Gasteiger partial charge on any atom is 0.239 e. The van der Waals surface area contributed by atoms with Gasteiger partial charge in [-0.25, -0.2) is 0 Å². The van der Waals surface area contributed by atoms with E-state index in [-0.39, 0.29) is 11.9 Å². The first kappa shape index (κ1) is 16.0. The Morgan fingerprint density at radius 2 is 2.00 bits per heavy atom. The van der Waals surface area contributed by atoms with Crippen molar-refractivity contribution in [2.24, 2.45) is 11.7 Å². The van der Waals surface area contributed by atoms with Crippen LogP contribution < -0.4 is 5.73 Å². The lowest BCUT2D eigenvalue weighted by molar-refractivity contribution is -0.131. The van der Waals surface area contributed by atoms with Crippen molar-refractivity contribution in [3.8, 4) is 0 Å². The van der Waals surface area contributed by atoms with Crippen LogP contribution in [0.25, 0.3) is 0 Å². The molecule has 1 atom stereocenters. The average molecular weight is 289 g/mol. The Balaban J connectivity index is 1.75. The maximum atomic E-state index is 12.3.